The third kappa shape index (κ3) is 2.82. The van der Waals surface area contributed by atoms with Crippen LogP contribution in [0.25, 0.3) is 0 Å². The largest absolute Gasteiger partial charge is 0.494 e. The molecular weight excluding hydrogens is 231 g/mol. The van der Waals surface area contributed by atoms with Gasteiger partial charge in [-0.25, -0.2) is 4.39 Å². The normalized spacial score (nSPS) is 10.1. The molecule has 1 aromatic rings. The molecule has 1 rings (SSSR count). The number of aliphatic hydroxyl groups is 1. The lowest BCUT2D eigenvalue weighted by atomic mass is 10.2. The summed E-state index contributed by atoms with van der Waals surface area (Å²) in [5.41, 5.74) is -0.165. The summed E-state index contributed by atoms with van der Waals surface area (Å²) in [5.74, 6) is -0.865. The molecule has 94 valence electrons. The predicted octanol–water partition coefficient (Wildman–Crippen LogP) is 1.17. The van der Waals surface area contributed by atoms with Gasteiger partial charge >= 0.3 is 0 Å². The Morgan fingerprint density at radius 3 is 2.71 bits per heavy atom. The molecule has 0 saturated carbocycles. The Hall–Kier alpha value is -1.89. The van der Waals surface area contributed by atoms with Gasteiger partial charge in [0, 0.05) is 19.7 Å². The maximum atomic E-state index is 13.3. The summed E-state index contributed by atoms with van der Waals surface area (Å²) in [7, 11) is 2.84. The van der Waals surface area contributed by atoms with E-state index in [9.17, 15) is 14.5 Å². The van der Waals surface area contributed by atoms with Gasteiger partial charge in [-0.05, 0) is 0 Å². The van der Waals surface area contributed by atoms with Crippen molar-refractivity contribution in [2.45, 2.75) is 0 Å². The minimum Gasteiger partial charge on any atom is -0.494 e. The summed E-state index contributed by atoms with van der Waals surface area (Å²) >= 11 is 0. The second kappa shape index (κ2) is 5.44. The Morgan fingerprint density at radius 2 is 2.24 bits per heavy atom. The van der Waals surface area contributed by atoms with E-state index in [-0.39, 0.29) is 30.3 Å². The Morgan fingerprint density at radius 1 is 1.59 bits per heavy atom. The zero-order valence-electron chi connectivity index (χ0n) is 9.51. The first-order valence-electron chi connectivity index (χ1n) is 4.85. The second-order valence-corrected chi connectivity index (χ2v) is 3.38. The maximum Gasteiger partial charge on any atom is 0.295 e. The van der Waals surface area contributed by atoms with Crippen molar-refractivity contribution in [2.75, 3.05) is 32.2 Å². The zero-order chi connectivity index (χ0) is 13.0. The monoisotopic (exact) mass is 244 g/mol. The van der Waals surface area contributed by atoms with Crippen molar-refractivity contribution in [3.05, 3.63) is 28.1 Å². The summed E-state index contributed by atoms with van der Waals surface area (Å²) in [4.78, 5) is 11.6. The van der Waals surface area contributed by atoms with Gasteiger partial charge in [-0.1, -0.05) is 0 Å². The minimum atomic E-state index is -0.791. The van der Waals surface area contributed by atoms with Crippen LogP contribution in [-0.2, 0) is 0 Å². The summed E-state index contributed by atoms with van der Waals surface area (Å²) < 4.78 is 18.1. The minimum absolute atomic E-state index is 0.0737. The lowest BCUT2D eigenvalue weighted by Gasteiger charge is -2.18. The van der Waals surface area contributed by atoms with Gasteiger partial charge in [0.25, 0.3) is 5.69 Å². The molecule has 0 aromatic heterocycles. The number of anilines is 1. The number of methoxy groups -OCH3 is 1. The number of rotatable bonds is 5. The van der Waals surface area contributed by atoms with E-state index < -0.39 is 10.7 Å². The van der Waals surface area contributed by atoms with Gasteiger partial charge in [0.1, 0.15) is 5.69 Å². The second-order valence-electron chi connectivity index (χ2n) is 3.38. The topological polar surface area (TPSA) is 75.8 Å². The Bertz CT molecular complexity index is 425. The third-order valence-electron chi connectivity index (χ3n) is 2.29. The zero-order valence-corrected chi connectivity index (χ0v) is 9.51. The van der Waals surface area contributed by atoms with Gasteiger partial charge in [0.2, 0.25) is 0 Å². The third-order valence-corrected chi connectivity index (χ3v) is 2.29. The van der Waals surface area contributed by atoms with Gasteiger partial charge in [-0.2, -0.15) is 0 Å². The molecule has 1 aromatic carbocycles. The molecule has 0 bridgehead atoms. The van der Waals surface area contributed by atoms with E-state index in [1.807, 2.05) is 0 Å². The quantitative estimate of drug-likeness (QED) is 0.621. The highest BCUT2D eigenvalue weighted by Crippen LogP contribution is 2.33. The van der Waals surface area contributed by atoms with Crippen molar-refractivity contribution in [2.24, 2.45) is 0 Å². The van der Waals surface area contributed by atoms with Crippen molar-refractivity contribution in [1.82, 2.24) is 0 Å². The van der Waals surface area contributed by atoms with E-state index >= 15 is 0 Å². The van der Waals surface area contributed by atoms with Gasteiger partial charge in [-0.15, -0.1) is 0 Å². The summed E-state index contributed by atoms with van der Waals surface area (Å²) in [6.45, 7) is 0.0446. The average Bonchev–Trinajstić information content (AvgIpc) is 2.28. The number of nitro benzene ring substituents is 1. The highest BCUT2D eigenvalue weighted by molar-refractivity contribution is 5.65. The number of halogens is 1. The van der Waals surface area contributed by atoms with Crippen LogP contribution in [0.4, 0.5) is 15.8 Å². The van der Waals surface area contributed by atoms with Crippen molar-refractivity contribution in [3.63, 3.8) is 0 Å². The summed E-state index contributed by atoms with van der Waals surface area (Å²) in [6, 6.07) is 2.05. The SMILES string of the molecule is COc1cc(N(C)CCO)c([N+](=O)[O-])cc1F. The lowest BCUT2D eigenvalue weighted by molar-refractivity contribution is -0.384. The Balaban J connectivity index is 3.28. The van der Waals surface area contributed by atoms with Crippen LogP contribution < -0.4 is 9.64 Å². The van der Waals surface area contributed by atoms with E-state index in [0.29, 0.717) is 0 Å². The number of likely N-dealkylation sites (N-methyl/N-ethyl adjacent to an activating group) is 1. The standard InChI is InChI=1S/C10H13FN2O4/c1-12(3-4-14)8-6-10(17-2)7(11)5-9(8)13(15)16/h5-6,14H,3-4H2,1-2H3. The molecule has 1 N–H and O–H groups in total. The Labute approximate surface area is 97.4 Å². The van der Waals surface area contributed by atoms with E-state index in [2.05, 4.69) is 0 Å². The molecule has 6 nitrogen and oxygen atoms in total. The van der Waals surface area contributed by atoms with Crippen LogP contribution in [0.3, 0.4) is 0 Å². The van der Waals surface area contributed by atoms with Crippen molar-refractivity contribution in [3.8, 4) is 5.75 Å². The molecule has 0 spiro atoms. The molecule has 0 amide bonds. The van der Waals surface area contributed by atoms with Crippen LogP contribution >= 0.6 is 0 Å². The molecule has 0 atom stereocenters. The van der Waals surface area contributed by atoms with Crippen LogP contribution in [0.1, 0.15) is 0 Å². The first-order chi connectivity index (χ1) is 8.01. The number of hydrogen-bond donors (Lipinski definition) is 1. The predicted molar refractivity (Wildman–Crippen MR) is 60.0 cm³/mol. The number of nitro groups is 1. The van der Waals surface area contributed by atoms with Gasteiger partial charge in [0.15, 0.2) is 11.6 Å². The van der Waals surface area contributed by atoms with E-state index in [0.717, 1.165) is 6.07 Å². The molecule has 0 aliphatic heterocycles. The number of ether oxygens (including phenoxy) is 1. The fraction of sp³-hybridized carbons (Fsp3) is 0.400. The molecule has 0 aliphatic rings. The van der Waals surface area contributed by atoms with Crippen LogP contribution in [0.2, 0.25) is 0 Å². The van der Waals surface area contributed by atoms with Crippen molar-refractivity contribution < 1.29 is 19.2 Å². The first kappa shape index (κ1) is 13.2. The number of nitrogens with zero attached hydrogens (tertiary/aromatic N) is 2. The highest BCUT2D eigenvalue weighted by atomic mass is 19.1. The van der Waals surface area contributed by atoms with E-state index in [4.69, 9.17) is 9.84 Å². The molecule has 0 radical (unpaired) electrons. The van der Waals surface area contributed by atoms with Gasteiger partial charge in [-0.3, -0.25) is 10.1 Å². The molecular formula is C10H13FN2O4. The van der Waals surface area contributed by atoms with E-state index in [1.54, 1.807) is 7.05 Å². The molecule has 17 heavy (non-hydrogen) atoms. The van der Waals surface area contributed by atoms with Gasteiger partial charge in [0.05, 0.1) is 24.7 Å². The van der Waals surface area contributed by atoms with E-state index in [1.165, 1.54) is 18.1 Å². The lowest BCUT2D eigenvalue weighted by Crippen LogP contribution is -2.22. The average molecular weight is 244 g/mol. The first-order valence-corrected chi connectivity index (χ1v) is 4.85. The van der Waals surface area contributed by atoms with Crippen LogP contribution in [0.5, 0.6) is 5.75 Å². The van der Waals surface area contributed by atoms with Crippen molar-refractivity contribution >= 4 is 11.4 Å². The van der Waals surface area contributed by atoms with Crippen LogP contribution in [-0.4, -0.2) is 37.3 Å². The number of aliphatic hydroxyl groups excluding tert-OH is 1. The number of hydrogen-bond acceptors (Lipinski definition) is 5. The number of benzene rings is 1. The highest BCUT2D eigenvalue weighted by Gasteiger charge is 2.21. The summed E-state index contributed by atoms with van der Waals surface area (Å²) in [6.07, 6.45) is 0. The molecule has 0 unspecified atom stereocenters. The Kier molecular flexibility index (Phi) is 4.22. The molecule has 0 fully saturated rings. The fourth-order valence-corrected chi connectivity index (χ4v) is 1.41. The maximum absolute atomic E-state index is 13.3. The van der Waals surface area contributed by atoms with Crippen LogP contribution in [0.15, 0.2) is 12.1 Å². The van der Waals surface area contributed by atoms with Crippen molar-refractivity contribution in [1.29, 1.82) is 0 Å². The van der Waals surface area contributed by atoms with Gasteiger partial charge < -0.3 is 14.7 Å². The smallest absolute Gasteiger partial charge is 0.295 e. The van der Waals surface area contributed by atoms with Crippen LogP contribution in [0, 0.1) is 15.9 Å². The molecule has 0 saturated heterocycles. The summed E-state index contributed by atoms with van der Waals surface area (Å²) in [5, 5.41) is 19.6. The molecule has 7 heteroatoms. The molecule has 0 aliphatic carbocycles. The molecule has 0 heterocycles. The fourth-order valence-electron chi connectivity index (χ4n) is 1.41.